The van der Waals surface area contributed by atoms with E-state index in [1.54, 1.807) is 24.4 Å². The lowest BCUT2D eigenvalue weighted by molar-refractivity contribution is 0.102. The third-order valence-electron chi connectivity index (χ3n) is 5.75. The van der Waals surface area contributed by atoms with Gasteiger partial charge in [0.25, 0.3) is 5.91 Å². The van der Waals surface area contributed by atoms with Crippen LogP contribution in [0.1, 0.15) is 23.3 Å². The van der Waals surface area contributed by atoms with E-state index in [1.165, 1.54) is 10.7 Å². The smallest absolute Gasteiger partial charge is 0.277 e. The maximum Gasteiger partial charge on any atom is 0.277 e. The number of likely N-dealkylation sites (tertiary alicyclic amines) is 1. The first kappa shape index (κ1) is 21.5. The largest absolute Gasteiger partial charge is 0.372 e. The summed E-state index contributed by atoms with van der Waals surface area (Å²) in [5, 5.41) is 7.12. The van der Waals surface area contributed by atoms with E-state index in [0.717, 1.165) is 31.6 Å². The molecule has 1 aliphatic heterocycles. The molecule has 2 heterocycles. The second-order valence-electron chi connectivity index (χ2n) is 7.87. The number of hydrogen-bond donors (Lipinski definition) is 1. The zero-order valence-corrected chi connectivity index (χ0v) is 19.1. The highest BCUT2D eigenvalue weighted by molar-refractivity contribution is 9.10. The monoisotopic (exact) mass is 485 g/mol. The van der Waals surface area contributed by atoms with Crippen LogP contribution in [0.4, 0.5) is 15.8 Å². The number of carbonyl (C=O) groups excluding carboxylic acids is 1. The van der Waals surface area contributed by atoms with Crippen molar-refractivity contribution in [1.29, 1.82) is 0 Å². The van der Waals surface area contributed by atoms with Gasteiger partial charge in [-0.25, -0.2) is 9.07 Å². The van der Waals surface area contributed by atoms with Crippen molar-refractivity contribution in [2.45, 2.75) is 18.9 Å². The Balaban J connectivity index is 1.44. The van der Waals surface area contributed by atoms with Crippen LogP contribution in [0.3, 0.4) is 0 Å². The van der Waals surface area contributed by atoms with Gasteiger partial charge in [-0.2, -0.15) is 5.10 Å². The van der Waals surface area contributed by atoms with Gasteiger partial charge in [-0.3, -0.25) is 4.79 Å². The second kappa shape index (κ2) is 9.20. The van der Waals surface area contributed by atoms with E-state index in [0.29, 0.717) is 16.2 Å². The fraction of sp³-hybridized carbons (Fsp3) is 0.304. The highest BCUT2D eigenvalue weighted by atomic mass is 79.9. The van der Waals surface area contributed by atoms with Crippen molar-refractivity contribution in [3.05, 3.63) is 70.7 Å². The number of piperidine rings is 1. The molecule has 0 spiro atoms. The molecule has 162 valence electrons. The summed E-state index contributed by atoms with van der Waals surface area (Å²) < 4.78 is 15.9. The van der Waals surface area contributed by atoms with Crippen molar-refractivity contribution >= 4 is 33.2 Å². The molecule has 0 atom stereocenters. The number of para-hydroxylation sites is 1. The van der Waals surface area contributed by atoms with E-state index >= 15 is 0 Å². The van der Waals surface area contributed by atoms with E-state index < -0.39 is 5.82 Å². The number of rotatable bonds is 5. The highest BCUT2D eigenvalue weighted by Gasteiger charge is 2.21. The van der Waals surface area contributed by atoms with Gasteiger partial charge in [-0.05, 0) is 85.3 Å². The highest BCUT2D eigenvalue weighted by Crippen LogP contribution is 2.25. The predicted molar refractivity (Wildman–Crippen MR) is 125 cm³/mol. The normalized spacial score (nSPS) is 15.1. The van der Waals surface area contributed by atoms with Crippen molar-refractivity contribution in [2.24, 2.45) is 0 Å². The Morgan fingerprint density at radius 2 is 1.84 bits per heavy atom. The summed E-state index contributed by atoms with van der Waals surface area (Å²) in [7, 11) is 4.28. The van der Waals surface area contributed by atoms with E-state index in [4.69, 9.17) is 0 Å². The number of aromatic nitrogens is 2. The molecule has 1 N–H and O–H groups in total. The lowest BCUT2D eigenvalue weighted by atomic mass is 10.0. The third-order valence-corrected chi connectivity index (χ3v) is 6.33. The van der Waals surface area contributed by atoms with E-state index in [2.05, 4.69) is 50.2 Å². The summed E-state index contributed by atoms with van der Waals surface area (Å²) in [6.07, 6.45) is 3.86. The number of amides is 1. The van der Waals surface area contributed by atoms with Gasteiger partial charge >= 0.3 is 0 Å². The van der Waals surface area contributed by atoms with Crippen molar-refractivity contribution < 1.29 is 9.18 Å². The standard InChI is InChI=1S/C23H25BrFN5O/c1-28-13-11-18(12-14-28)29(2)17-9-7-16(8-10-17)26-23(31)22-19(24)15-30(27-22)21-6-4-3-5-20(21)25/h3-10,15,18H,11-14H2,1-2H3,(H,26,31). The molecule has 1 saturated heterocycles. The van der Waals surface area contributed by atoms with Crippen LogP contribution in [0.2, 0.25) is 0 Å². The Kier molecular flexibility index (Phi) is 6.38. The Morgan fingerprint density at radius 1 is 1.16 bits per heavy atom. The summed E-state index contributed by atoms with van der Waals surface area (Å²) in [6.45, 7) is 2.22. The van der Waals surface area contributed by atoms with Crippen molar-refractivity contribution in [3.63, 3.8) is 0 Å². The van der Waals surface area contributed by atoms with Gasteiger partial charge in [0, 0.05) is 30.7 Å². The molecule has 1 aliphatic rings. The molecule has 1 fully saturated rings. The van der Waals surface area contributed by atoms with Gasteiger partial charge in [0.15, 0.2) is 5.69 Å². The summed E-state index contributed by atoms with van der Waals surface area (Å²) in [5.74, 6) is -0.771. The van der Waals surface area contributed by atoms with Crippen LogP contribution < -0.4 is 10.2 Å². The van der Waals surface area contributed by atoms with Gasteiger partial charge in [0.1, 0.15) is 11.5 Å². The molecule has 0 saturated carbocycles. The van der Waals surface area contributed by atoms with Gasteiger partial charge in [-0.1, -0.05) is 12.1 Å². The minimum atomic E-state index is -0.409. The van der Waals surface area contributed by atoms with Crippen LogP contribution in [0.25, 0.3) is 5.69 Å². The third kappa shape index (κ3) is 4.80. The average molecular weight is 486 g/mol. The van der Waals surface area contributed by atoms with Crippen LogP contribution in [0.15, 0.2) is 59.2 Å². The Bertz CT molecular complexity index is 1060. The molecule has 31 heavy (non-hydrogen) atoms. The minimum absolute atomic E-state index is 0.191. The van der Waals surface area contributed by atoms with Crippen LogP contribution in [0, 0.1) is 5.82 Å². The molecule has 1 amide bonds. The minimum Gasteiger partial charge on any atom is -0.372 e. The Morgan fingerprint density at radius 3 is 2.52 bits per heavy atom. The number of benzene rings is 2. The molecule has 1 aromatic heterocycles. The summed E-state index contributed by atoms with van der Waals surface area (Å²) >= 11 is 3.36. The van der Waals surface area contributed by atoms with Crippen LogP contribution in [-0.4, -0.2) is 53.8 Å². The molecule has 4 rings (SSSR count). The van der Waals surface area contributed by atoms with Gasteiger partial charge in [0.05, 0.1) is 4.47 Å². The first-order valence-corrected chi connectivity index (χ1v) is 11.0. The molecule has 0 radical (unpaired) electrons. The molecule has 8 heteroatoms. The van der Waals surface area contributed by atoms with Crippen LogP contribution in [-0.2, 0) is 0 Å². The molecule has 0 aliphatic carbocycles. The fourth-order valence-corrected chi connectivity index (χ4v) is 4.28. The number of nitrogens with zero attached hydrogens (tertiary/aromatic N) is 4. The Hall–Kier alpha value is -2.71. The topological polar surface area (TPSA) is 53.4 Å². The van der Waals surface area contributed by atoms with Gasteiger partial charge in [0.2, 0.25) is 0 Å². The molecule has 0 unspecified atom stereocenters. The molecular weight excluding hydrogens is 461 g/mol. The summed E-state index contributed by atoms with van der Waals surface area (Å²) in [5.41, 5.74) is 2.27. The number of anilines is 2. The number of carbonyl (C=O) groups is 1. The zero-order valence-electron chi connectivity index (χ0n) is 17.6. The lowest BCUT2D eigenvalue weighted by Gasteiger charge is -2.36. The van der Waals surface area contributed by atoms with E-state index in [-0.39, 0.29) is 17.3 Å². The molecule has 3 aromatic rings. The van der Waals surface area contributed by atoms with Gasteiger partial charge in [-0.15, -0.1) is 0 Å². The van der Waals surface area contributed by atoms with Gasteiger partial charge < -0.3 is 15.1 Å². The fourth-order valence-electron chi connectivity index (χ4n) is 3.83. The van der Waals surface area contributed by atoms with Crippen molar-refractivity contribution in [2.75, 3.05) is 37.4 Å². The SMILES string of the molecule is CN1CCC(N(C)c2ccc(NC(=O)c3nn(-c4ccccc4F)cc3Br)cc2)CC1. The molecule has 0 bridgehead atoms. The zero-order chi connectivity index (χ0) is 22.0. The quantitative estimate of drug-likeness (QED) is 0.575. The number of nitrogens with one attached hydrogen (secondary N) is 1. The van der Waals surface area contributed by atoms with E-state index in [9.17, 15) is 9.18 Å². The predicted octanol–water partition coefficient (Wildman–Crippen LogP) is 4.56. The maximum atomic E-state index is 14.0. The number of halogens is 2. The Labute approximate surface area is 189 Å². The van der Waals surface area contributed by atoms with Crippen molar-refractivity contribution in [1.82, 2.24) is 14.7 Å². The molecular formula is C23H25BrFN5O. The van der Waals surface area contributed by atoms with Crippen molar-refractivity contribution in [3.8, 4) is 5.69 Å². The van der Waals surface area contributed by atoms with Crippen LogP contribution >= 0.6 is 15.9 Å². The molecule has 2 aromatic carbocycles. The number of hydrogen-bond acceptors (Lipinski definition) is 4. The summed E-state index contributed by atoms with van der Waals surface area (Å²) in [4.78, 5) is 17.4. The first-order chi connectivity index (χ1) is 14.9. The van der Waals surface area contributed by atoms with E-state index in [1.807, 2.05) is 24.3 Å². The second-order valence-corrected chi connectivity index (χ2v) is 8.72. The maximum absolute atomic E-state index is 14.0. The molecule has 6 nitrogen and oxygen atoms in total. The lowest BCUT2D eigenvalue weighted by Crippen LogP contribution is -2.41. The first-order valence-electron chi connectivity index (χ1n) is 10.3. The average Bonchev–Trinajstić information content (AvgIpc) is 3.16. The summed E-state index contributed by atoms with van der Waals surface area (Å²) in [6, 6.07) is 14.6. The van der Waals surface area contributed by atoms with Crippen LogP contribution in [0.5, 0.6) is 0 Å².